The van der Waals surface area contributed by atoms with E-state index in [1.54, 1.807) is 0 Å². The van der Waals surface area contributed by atoms with E-state index in [0.717, 1.165) is 32.1 Å². The Kier molecular flexibility index (Phi) is 3.68. The molecule has 1 aliphatic carbocycles. The number of aliphatic carboxylic acids is 1. The Balaban J connectivity index is 2.11. The smallest absolute Gasteiger partial charge is 0.303 e. The number of carbonyl (C=O) groups is 3. The van der Waals surface area contributed by atoms with E-state index in [0.29, 0.717) is 6.54 Å². The maximum atomic E-state index is 11.6. The predicted octanol–water partition coefficient (Wildman–Crippen LogP) is 1.56. The van der Waals surface area contributed by atoms with Crippen molar-refractivity contribution in [1.29, 1.82) is 0 Å². The third-order valence-electron chi connectivity index (χ3n) is 4.09. The molecule has 0 atom stereocenters. The van der Waals surface area contributed by atoms with Crippen LogP contribution in [0.4, 0.5) is 0 Å². The molecule has 100 valence electrons. The molecule has 0 aromatic carbocycles. The van der Waals surface area contributed by atoms with Crippen molar-refractivity contribution in [2.24, 2.45) is 5.41 Å². The third-order valence-corrected chi connectivity index (χ3v) is 4.09. The van der Waals surface area contributed by atoms with Crippen LogP contribution < -0.4 is 0 Å². The van der Waals surface area contributed by atoms with Crippen molar-refractivity contribution >= 4 is 17.8 Å². The van der Waals surface area contributed by atoms with Crippen LogP contribution in [0.15, 0.2) is 0 Å². The van der Waals surface area contributed by atoms with Crippen LogP contribution in [0.3, 0.4) is 0 Å². The Bertz CT molecular complexity index is 355. The fourth-order valence-electron chi connectivity index (χ4n) is 3.15. The van der Waals surface area contributed by atoms with Crippen LogP contribution in [0, 0.1) is 5.41 Å². The normalized spacial score (nSPS) is 23.4. The van der Waals surface area contributed by atoms with Gasteiger partial charge in [-0.2, -0.15) is 0 Å². The van der Waals surface area contributed by atoms with Gasteiger partial charge < -0.3 is 5.11 Å². The third kappa shape index (κ3) is 2.71. The first-order valence-corrected chi connectivity index (χ1v) is 6.57. The van der Waals surface area contributed by atoms with Crippen LogP contribution in [0.25, 0.3) is 0 Å². The summed E-state index contributed by atoms with van der Waals surface area (Å²) in [6.45, 7) is 0.303. The van der Waals surface area contributed by atoms with E-state index in [4.69, 9.17) is 5.11 Å². The lowest BCUT2D eigenvalue weighted by Crippen LogP contribution is -2.43. The summed E-state index contributed by atoms with van der Waals surface area (Å²) in [6.07, 6.45) is 5.32. The van der Waals surface area contributed by atoms with Gasteiger partial charge >= 0.3 is 5.97 Å². The van der Waals surface area contributed by atoms with Crippen molar-refractivity contribution in [2.75, 3.05) is 6.54 Å². The highest BCUT2D eigenvalue weighted by Crippen LogP contribution is 2.40. The molecule has 1 saturated carbocycles. The van der Waals surface area contributed by atoms with Gasteiger partial charge in [0, 0.05) is 19.4 Å². The van der Waals surface area contributed by atoms with Crippen molar-refractivity contribution in [2.45, 2.75) is 51.4 Å². The lowest BCUT2D eigenvalue weighted by atomic mass is 9.71. The van der Waals surface area contributed by atoms with Gasteiger partial charge in [0.15, 0.2) is 0 Å². The first-order valence-electron chi connectivity index (χ1n) is 6.57. The van der Waals surface area contributed by atoms with Crippen molar-refractivity contribution in [1.82, 2.24) is 4.90 Å². The number of amides is 2. The van der Waals surface area contributed by atoms with Crippen LogP contribution in [-0.2, 0) is 14.4 Å². The number of carboxylic acids is 1. The number of imide groups is 1. The molecule has 0 aromatic heterocycles. The van der Waals surface area contributed by atoms with Gasteiger partial charge in [0.05, 0.1) is 6.42 Å². The maximum absolute atomic E-state index is 11.6. The summed E-state index contributed by atoms with van der Waals surface area (Å²) < 4.78 is 0. The second-order valence-corrected chi connectivity index (χ2v) is 5.50. The molecule has 0 unspecified atom stereocenters. The molecule has 1 heterocycles. The Morgan fingerprint density at radius 1 is 1.11 bits per heavy atom. The molecule has 2 fully saturated rings. The van der Waals surface area contributed by atoms with Gasteiger partial charge in [-0.05, 0) is 18.3 Å². The molecule has 1 aliphatic heterocycles. The van der Waals surface area contributed by atoms with Gasteiger partial charge in [-0.15, -0.1) is 0 Å². The topological polar surface area (TPSA) is 74.7 Å². The Morgan fingerprint density at radius 3 is 2.17 bits per heavy atom. The van der Waals surface area contributed by atoms with Crippen molar-refractivity contribution in [3.63, 3.8) is 0 Å². The second-order valence-electron chi connectivity index (χ2n) is 5.50. The number of hydrogen-bond donors (Lipinski definition) is 1. The van der Waals surface area contributed by atoms with Crippen molar-refractivity contribution in [3.05, 3.63) is 0 Å². The SMILES string of the molecule is O=C(O)CC1(CN2C(=O)CCC2=O)CCCCC1. The van der Waals surface area contributed by atoms with Crippen LogP contribution in [0.1, 0.15) is 51.4 Å². The molecule has 18 heavy (non-hydrogen) atoms. The molecule has 0 aromatic rings. The first kappa shape index (κ1) is 13.1. The summed E-state index contributed by atoms with van der Waals surface area (Å²) in [4.78, 5) is 35.6. The van der Waals surface area contributed by atoms with Gasteiger partial charge in [-0.3, -0.25) is 19.3 Å². The number of carbonyl (C=O) groups excluding carboxylic acids is 2. The molecule has 2 aliphatic rings. The summed E-state index contributed by atoms with van der Waals surface area (Å²) in [6, 6.07) is 0. The van der Waals surface area contributed by atoms with E-state index in [-0.39, 0.29) is 36.5 Å². The second kappa shape index (κ2) is 5.08. The first-order chi connectivity index (χ1) is 8.52. The van der Waals surface area contributed by atoms with Gasteiger partial charge in [-0.1, -0.05) is 19.3 Å². The predicted molar refractivity (Wildman–Crippen MR) is 63.7 cm³/mol. The molecule has 2 amide bonds. The van der Waals surface area contributed by atoms with Crippen LogP contribution in [-0.4, -0.2) is 34.3 Å². The van der Waals surface area contributed by atoms with Crippen molar-refractivity contribution < 1.29 is 19.5 Å². The number of likely N-dealkylation sites (tertiary alicyclic amines) is 1. The van der Waals surface area contributed by atoms with E-state index < -0.39 is 5.97 Å². The zero-order valence-corrected chi connectivity index (χ0v) is 10.5. The lowest BCUT2D eigenvalue weighted by molar-refractivity contribution is -0.146. The molecule has 5 nitrogen and oxygen atoms in total. The molecule has 0 radical (unpaired) electrons. The van der Waals surface area contributed by atoms with E-state index >= 15 is 0 Å². The highest BCUT2D eigenvalue weighted by molar-refractivity contribution is 6.02. The summed E-state index contributed by atoms with van der Waals surface area (Å²) in [5.41, 5.74) is -0.389. The average molecular weight is 253 g/mol. The molecular weight excluding hydrogens is 234 g/mol. The zero-order valence-electron chi connectivity index (χ0n) is 10.5. The largest absolute Gasteiger partial charge is 0.481 e. The number of hydrogen-bond acceptors (Lipinski definition) is 3. The molecule has 0 spiro atoms. The van der Waals surface area contributed by atoms with E-state index in [1.165, 1.54) is 4.90 Å². The van der Waals surface area contributed by atoms with E-state index in [1.807, 2.05) is 0 Å². The van der Waals surface area contributed by atoms with Gasteiger partial charge in [0.25, 0.3) is 0 Å². The lowest BCUT2D eigenvalue weighted by Gasteiger charge is -2.38. The minimum Gasteiger partial charge on any atom is -0.481 e. The molecule has 0 bridgehead atoms. The minimum atomic E-state index is -0.837. The summed E-state index contributed by atoms with van der Waals surface area (Å²) >= 11 is 0. The van der Waals surface area contributed by atoms with Gasteiger partial charge in [0.1, 0.15) is 0 Å². The number of nitrogens with zero attached hydrogens (tertiary/aromatic N) is 1. The monoisotopic (exact) mass is 253 g/mol. The molecule has 5 heteroatoms. The molecular formula is C13H19NO4. The fourth-order valence-corrected chi connectivity index (χ4v) is 3.15. The van der Waals surface area contributed by atoms with Crippen LogP contribution in [0.5, 0.6) is 0 Å². The van der Waals surface area contributed by atoms with Gasteiger partial charge in [0.2, 0.25) is 11.8 Å². The Labute approximate surface area is 106 Å². The molecule has 2 rings (SSSR count). The molecule has 1 saturated heterocycles. The average Bonchev–Trinajstić information content (AvgIpc) is 2.61. The van der Waals surface area contributed by atoms with Crippen LogP contribution >= 0.6 is 0 Å². The summed E-state index contributed by atoms with van der Waals surface area (Å²) in [5, 5.41) is 9.05. The quantitative estimate of drug-likeness (QED) is 0.771. The molecule has 1 N–H and O–H groups in total. The van der Waals surface area contributed by atoms with E-state index in [9.17, 15) is 14.4 Å². The summed E-state index contributed by atoms with van der Waals surface area (Å²) in [5.74, 6) is -1.12. The number of carboxylic acid groups (broad SMARTS) is 1. The Morgan fingerprint density at radius 2 is 1.67 bits per heavy atom. The fraction of sp³-hybridized carbons (Fsp3) is 0.769. The summed E-state index contributed by atoms with van der Waals surface area (Å²) in [7, 11) is 0. The zero-order chi connectivity index (χ0) is 13.2. The number of rotatable bonds is 4. The highest BCUT2D eigenvalue weighted by atomic mass is 16.4. The minimum absolute atomic E-state index is 0.0596. The van der Waals surface area contributed by atoms with Crippen molar-refractivity contribution in [3.8, 4) is 0 Å². The van der Waals surface area contributed by atoms with Gasteiger partial charge in [-0.25, -0.2) is 0 Å². The highest BCUT2D eigenvalue weighted by Gasteiger charge is 2.40. The Hall–Kier alpha value is -1.39. The van der Waals surface area contributed by atoms with E-state index in [2.05, 4.69) is 0 Å². The standard InChI is InChI=1S/C13H19NO4/c15-10-4-5-11(16)14(10)9-13(8-12(17)18)6-2-1-3-7-13/h1-9H2,(H,17,18). The maximum Gasteiger partial charge on any atom is 0.303 e. The van der Waals surface area contributed by atoms with Crippen LogP contribution in [0.2, 0.25) is 0 Å².